The summed E-state index contributed by atoms with van der Waals surface area (Å²) >= 11 is 0. The zero-order valence-electron chi connectivity index (χ0n) is 15.9. The van der Waals surface area contributed by atoms with Crippen molar-refractivity contribution < 1.29 is 13.2 Å². The Kier molecular flexibility index (Phi) is 6.46. The van der Waals surface area contributed by atoms with E-state index in [2.05, 4.69) is 21.1 Å². The molecular formula is C21H25N3O3S. The zero-order valence-corrected chi connectivity index (χ0v) is 16.8. The molecule has 0 aliphatic carbocycles. The second kappa shape index (κ2) is 9.01. The van der Waals surface area contributed by atoms with Gasteiger partial charge in [0.15, 0.2) is 0 Å². The minimum absolute atomic E-state index is 0.0466. The lowest BCUT2D eigenvalue weighted by Crippen LogP contribution is -2.22. The van der Waals surface area contributed by atoms with Crippen LogP contribution in [0.25, 0.3) is 0 Å². The van der Waals surface area contributed by atoms with Crippen LogP contribution in [0.2, 0.25) is 0 Å². The third-order valence-corrected chi connectivity index (χ3v) is 5.96. The Bertz CT molecular complexity index is 984. The van der Waals surface area contributed by atoms with Crippen molar-refractivity contribution in [1.29, 1.82) is 0 Å². The Balaban J connectivity index is 1.36. The highest BCUT2D eigenvalue weighted by atomic mass is 32.2. The highest BCUT2D eigenvalue weighted by molar-refractivity contribution is 7.90. The number of hydrogen-bond acceptors (Lipinski definition) is 4. The monoisotopic (exact) mass is 399 g/mol. The molecule has 0 atom stereocenters. The quantitative estimate of drug-likeness (QED) is 0.669. The van der Waals surface area contributed by atoms with Crippen molar-refractivity contribution in [1.82, 2.24) is 10.0 Å². The van der Waals surface area contributed by atoms with E-state index in [1.165, 1.54) is 5.56 Å². The number of unbranched alkanes of at least 4 members (excludes halogenated alkanes) is 2. The number of rotatable bonds is 8. The van der Waals surface area contributed by atoms with Gasteiger partial charge in [-0.2, -0.15) is 0 Å². The Hall–Kier alpha value is -2.67. The molecular weight excluding hydrogens is 374 g/mol. The Labute approximate surface area is 166 Å². The van der Waals surface area contributed by atoms with Crippen molar-refractivity contribution in [3.8, 4) is 0 Å². The number of amides is 1. The summed E-state index contributed by atoms with van der Waals surface area (Å²) in [4.78, 5) is 16.6. The third-order valence-electron chi connectivity index (χ3n) is 4.57. The molecule has 3 rings (SSSR count). The minimum atomic E-state index is -3.48. The van der Waals surface area contributed by atoms with Crippen LogP contribution in [0.1, 0.15) is 42.4 Å². The van der Waals surface area contributed by atoms with Crippen LogP contribution >= 0.6 is 0 Å². The summed E-state index contributed by atoms with van der Waals surface area (Å²) in [7, 11) is -3.48. The molecule has 0 bridgehead atoms. The summed E-state index contributed by atoms with van der Waals surface area (Å²) in [5.74, 6) is 0.455. The first-order valence-corrected chi connectivity index (χ1v) is 10.9. The lowest BCUT2D eigenvalue weighted by Gasteiger charge is -2.06. The van der Waals surface area contributed by atoms with Crippen molar-refractivity contribution >= 4 is 21.8 Å². The normalized spacial score (nSPS) is 15.8. The minimum Gasteiger partial charge on any atom is -0.352 e. The van der Waals surface area contributed by atoms with Gasteiger partial charge in [0.25, 0.3) is 10.0 Å². The molecule has 7 heteroatoms. The van der Waals surface area contributed by atoms with Gasteiger partial charge in [-0.25, -0.2) is 8.42 Å². The predicted octanol–water partition coefficient (Wildman–Crippen LogP) is 2.91. The summed E-state index contributed by atoms with van der Waals surface area (Å²) in [6.07, 6.45) is 2.94. The van der Waals surface area contributed by atoms with Crippen molar-refractivity contribution in [3.05, 3.63) is 65.2 Å². The number of carbonyl (C=O) groups is 1. The number of carbonyl (C=O) groups excluding carboxylic acids is 1. The molecule has 148 valence electrons. The van der Waals surface area contributed by atoms with Gasteiger partial charge in [-0.05, 0) is 37.5 Å². The first-order valence-electron chi connectivity index (χ1n) is 9.44. The lowest BCUT2D eigenvalue weighted by molar-refractivity contribution is -0.121. The van der Waals surface area contributed by atoms with E-state index in [9.17, 15) is 13.2 Å². The molecule has 0 saturated carbocycles. The average Bonchev–Trinajstić information content (AvgIpc) is 2.94. The van der Waals surface area contributed by atoms with Crippen LogP contribution in [0.5, 0.6) is 0 Å². The van der Waals surface area contributed by atoms with Crippen molar-refractivity contribution in [2.75, 3.05) is 6.54 Å². The summed E-state index contributed by atoms with van der Waals surface area (Å²) in [6.45, 7) is 3.11. The molecule has 1 amide bonds. The number of hydrogen-bond donors (Lipinski definition) is 2. The van der Waals surface area contributed by atoms with E-state index in [-0.39, 0.29) is 10.8 Å². The van der Waals surface area contributed by atoms with Crippen molar-refractivity contribution in [2.24, 2.45) is 4.99 Å². The molecule has 1 aliphatic rings. The van der Waals surface area contributed by atoms with Crippen LogP contribution in [0.4, 0.5) is 0 Å². The fourth-order valence-electron chi connectivity index (χ4n) is 3.13. The molecule has 2 aromatic carbocycles. The standard InChI is InChI=1S/C21H25N3O3S/c1-16-8-7-9-17(14-16)15-23-20(25)12-3-2-6-13-22-21-18-10-4-5-11-19(18)28(26,27)24-21/h4-5,7-11,14H,2-3,6,12-13,15H2,1H3,(H,22,24)(H,23,25). The predicted molar refractivity (Wildman–Crippen MR) is 110 cm³/mol. The first kappa shape index (κ1) is 20.1. The molecule has 0 unspecified atom stereocenters. The Morgan fingerprint density at radius 3 is 2.71 bits per heavy atom. The van der Waals surface area contributed by atoms with Gasteiger partial charge < -0.3 is 5.32 Å². The fraction of sp³-hybridized carbons (Fsp3) is 0.333. The largest absolute Gasteiger partial charge is 0.352 e. The lowest BCUT2D eigenvalue weighted by atomic mass is 10.1. The molecule has 0 saturated heterocycles. The molecule has 1 heterocycles. The van der Waals surface area contributed by atoms with Gasteiger partial charge in [0.05, 0.1) is 4.90 Å². The van der Waals surface area contributed by atoms with Crippen LogP contribution in [0.3, 0.4) is 0 Å². The Morgan fingerprint density at radius 1 is 1.07 bits per heavy atom. The molecule has 0 aromatic heterocycles. The summed E-state index contributed by atoms with van der Waals surface area (Å²) in [6, 6.07) is 14.9. The van der Waals surface area contributed by atoms with E-state index in [1.807, 2.05) is 25.1 Å². The number of amidine groups is 1. The van der Waals surface area contributed by atoms with Gasteiger partial charge in [-0.15, -0.1) is 0 Å². The van der Waals surface area contributed by atoms with Gasteiger partial charge in [-0.1, -0.05) is 48.4 Å². The first-order chi connectivity index (χ1) is 13.5. The smallest absolute Gasteiger partial charge is 0.263 e. The van der Waals surface area contributed by atoms with Crippen LogP contribution in [0.15, 0.2) is 58.4 Å². The second-order valence-corrected chi connectivity index (χ2v) is 8.56. The van der Waals surface area contributed by atoms with Gasteiger partial charge in [-0.3, -0.25) is 14.5 Å². The SMILES string of the molecule is Cc1cccc(CNC(=O)CCCCCN=C2NS(=O)(=O)c3ccccc32)c1. The van der Waals surface area contributed by atoms with Crippen molar-refractivity contribution in [3.63, 3.8) is 0 Å². The molecule has 2 aromatic rings. The molecule has 1 aliphatic heterocycles. The van der Waals surface area contributed by atoms with Crippen LogP contribution in [0, 0.1) is 6.92 Å². The Morgan fingerprint density at radius 2 is 1.89 bits per heavy atom. The van der Waals surface area contributed by atoms with Gasteiger partial charge in [0.2, 0.25) is 5.91 Å². The fourth-order valence-corrected chi connectivity index (χ4v) is 4.38. The number of nitrogens with one attached hydrogen (secondary N) is 2. The second-order valence-electron chi connectivity index (χ2n) is 6.91. The topological polar surface area (TPSA) is 87.6 Å². The van der Waals surface area contributed by atoms with E-state index in [0.717, 1.165) is 24.8 Å². The van der Waals surface area contributed by atoms with E-state index in [4.69, 9.17) is 0 Å². The maximum absolute atomic E-state index is 12.0. The number of aliphatic imine (C=N–C) groups is 1. The van der Waals surface area contributed by atoms with E-state index >= 15 is 0 Å². The molecule has 0 spiro atoms. The van der Waals surface area contributed by atoms with Crippen molar-refractivity contribution in [2.45, 2.75) is 44.0 Å². The number of fused-ring (bicyclic) bond motifs is 1. The maximum atomic E-state index is 12.0. The number of sulfonamides is 1. The van der Waals surface area contributed by atoms with E-state index in [0.29, 0.717) is 30.9 Å². The van der Waals surface area contributed by atoms with E-state index in [1.54, 1.807) is 24.3 Å². The van der Waals surface area contributed by atoms with E-state index < -0.39 is 10.0 Å². The number of nitrogens with zero attached hydrogens (tertiary/aromatic N) is 1. The van der Waals surface area contributed by atoms with Gasteiger partial charge in [0, 0.05) is 25.1 Å². The molecule has 2 N–H and O–H groups in total. The van der Waals surface area contributed by atoms with Crippen LogP contribution in [-0.2, 0) is 21.4 Å². The van der Waals surface area contributed by atoms with Gasteiger partial charge in [0.1, 0.15) is 5.84 Å². The number of benzene rings is 2. The van der Waals surface area contributed by atoms with Gasteiger partial charge >= 0.3 is 0 Å². The third kappa shape index (κ3) is 5.19. The summed E-state index contributed by atoms with van der Waals surface area (Å²) in [5, 5.41) is 2.94. The highest BCUT2D eigenvalue weighted by Gasteiger charge is 2.29. The average molecular weight is 400 g/mol. The molecule has 6 nitrogen and oxygen atoms in total. The maximum Gasteiger partial charge on any atom is 0.263 e. The molecule has 0 radical (unpaired) electrons. The molecule has 0 fully saturated rings. The highest BCUT2D eigenvalue weighted by Crippen LogP contribution is 2.22. The summed E-state index contributed by atoms with van der Waals surface area (Å²) < 4.78 is 26.5. The molecule has 28 heavy (non-hydrogen) atoms. The van der Waals surface area contributed by atoms with Crippen LogP contribution < -0.4 is 10.0 Å². The zero-order chi connectivity index (χ0) is 20.0. The number of aryl methyl sites for hydroxylation is 1. The summed E-state index contributed by atoms with van der Waals surface area (Å²) in [5.41, 5.74) is 2.90. The van der Waals surface area contributed by atoms with Crippen LogP contribution in [-0.4, -0.2) is 26.7 Å².